The molecule has 2 heteroatoms. The lowest BCUT2D eigenvalue weighted by Gasteiger charge is -1.99. The zero-order chi connectivity index (χ0) is 8.55. The third-order valence-corrected chi connectivity index (χ3v) is 2.41. The Balaban J connectivity index is 2.32. The van der Waals surface area contributed by atoms with E-state index in [0.717, 1.165) is 5.92 Å². The van der Waals surface area contributed by atoms with Crippen LogP contribution in [0.3, 0.4) is 0 Å². The first-order chi connectivity index (χ1) is 5.81. The van der Waals surface area contributed by atoms with Gasteiger partial charge in [-0.1, -0.05) is 0 Å². The van der Waals surface area contributed by atoms with Gasteiger partial charge in [-0.2, -0.15) is 0 Å². The monoisotopic (exact) mass is 164 g/mol. The fourth-order valence-corrected chi connectivity index (χ4v) is 1.56. The molecule has 0 radical (unpaired) electrons. The van der Waals surface area contributed by atoms with Crippen LogP contribution in [0.1, 0.15) is 29.9 Å². The van der Waals surface area contributed by atoms with Gasteiger partial charge in [0.25, 0.3) is 0 Å². The maximum absolute atomic E-state index is 5.07. The molecule has 0 aliphatic heterocycles. The van der Waals surface area contributed by atoms with Crippen molar-refractivity contribution in [3.05, 3.63) is 29.6 Å². The van der Waals surface area contributed by atoms with Gasteiger partial charge in [0.2, 0.25) is 12.4 Å². The summed E-state index contributed by atoms with van der Waals surface area (Å²) in [5.74, 6) is 0.830. The predicted octanol–water partition coefficient (Wildman–Crippen LogP) is 1.22. The summed E-state index contributed by atoms with van der Waals surface area (Å²) < 4.78 is 1.74. The van der Waals surface area contributed by atoms with Crippen LogP contribution < -0.4 is 9.57 Å². The number of hydrogen-bond acceptors (Lipinski definition) is 1. The van der Waals surface area contributed by atoms with Gasteiger partial charge >= 0.3 is 0 Å². The Morgan fingerprint density at radius 2 is 2.25 bits per heavy atom. The van der Waals surface area contributed by atoms with Gasteiger partial charge in [0.05, 0.1) is 0 Å². The van der Waals surface area contributed by atoms with E-state index in [9.17, 15) is 0 Å². The Hall–Kier alpha value is -1.05. The number of rotatable bonds is 2. The molecule has 1 fully saturated rings. The van der Waals surface area contributed by atoms with Crippen LogP contribution in [0.5, 0.6) is 0 Å². The molecule has 0 unspecified atom stereocenters. The van der Waals surface area contributed by atoms with E-state index in [1.165, 1.54) is 24.0 Å². The Labute approximate surface area is 72.7 Å². The van der Waals surface area contributed by atoms with Crippen LogP contribution >= 0.6 is 0 Å². The summed E-state index contributed by atoms with van der Waals surface area (Å²) in [5, 5.41) is 0. The lowest BCUT2D eigenvalue weighted by molar-refractivity contribution is -0.885. The van der Waals surface area contributed by atoms with Crippen LogP contribution in [-0.4, -0.2) is 7.11 Å². The van der Waals surface area contributed by atoms with Crippen molar-refractivity contribution in [2.45, 2.75) is 25.7 Å². The van der Waals surface area contributed by atoms with Gasteiger partial charge in [-0.05, 0) is 31.2 Å². The zero-order valence-electron chi connectivity index (χ0n) is 7.58. The second kappa shape index (κ2) is 2.77. The number of nitrogens with zero attached hydrogens (tertiary/aromatic N) is 1. The van der Waals surface area contributed by atoms with Crippen molar-refractivity contribution in [3.8, 4) is 0 Å². The van der Waals surface area contributed by atoms with E-state index in [0.29, 0.717) is 0 Å². The minimum atomic E-state index is 0.830. The Bertz CT molecular complexity index is 292. The van der Waals surface area contributed by atoms with Gasteiger partial charge < -0.3 is 0 Å². The number of pyridine rings is 1. The van der Waals surface area contributed by atoms with E-state index >= 15 is 0 Å². The zero-order valence-corrected chi connectivity index (χ0v) is 7.58. The van der Waals surface area contributed by atoms with E-state index < -0.39 is 0 Å². The third kappa shape index (κ3) is 1.29. The first kappa shape index (κ1) is 7.59. The van der Waals surface area contributed by atoms with Crippen molar-refractivity contribution in [2.75, 3.05) is 7.11 Å². The average Bonchev–Trinajstić information content (AvgIpc) is 2.87. The summed E-state index contributed by atoms with van der Waals surface area (Å²) in [7, 11) is 1.68. The second-order valence-electron chi connectivity index (χ2n) is 3.40. The third-order valence-electron chi connectivity index (χ3n) is 2.41. The van der Waals surface area contributed by atoms with Crippen LogP contribution in [0.2, 0.25) is 0 Å². The highest BCUT2D eigenvalue weighted by Gasteiger charge is 2.26. The molecular formula is C10H14NO+. The normalized spacial score (nSPS) is 16.2. The molecule has 1 saturated carbocycles. The van der Waals surface area contributed by atoms with Crippen LogP contribution in [0.25, 0.3) is 0 Å². The summed E-state index contributed by atoms with van der Waals surface area (Å²) >= 11 is 0. The molecule has 64 valence electrons. The molecule has 1 aromatic heterocycles. The minimum absolute atomic E-state index is 0.830. The Morgan fingerprint density at radius 3 is 2.75 bits per heavy atom. The lowest BCUT2D eigenvalue weighted by Crippen LogP contribution is -2.40. The summed E-state index contributed by atoms with van der Waals surface area (Å²) in [6, 6.07) is 2.16. The van der Waals surface area contributed by atoms with Gasteiger partial charge in [-0.15, -0.1) is 0 Å². The van der Waals surface area contributed by atoms with Gasteiger partial charge in [0, 0.05) is 16.4 Å². The van der Waals surface area contributed by atoms with Crippen molar-refractivity contribution in [1.82, 2.24) is 0 Å². The maximum atomic E-state index is 5.07. The second-order valence-corrected chi connectivity index (χ2v) is 3.40. The van der Waals surface area contributed by atoms with Crippen molar-refractivity contribution in [3.63, 3.8) is 0 Å². The highest BCUT2D eigenvalue weighted by atomic mass is 16.6. The fraction of sp³-hybridized carbons (Fsp3) is 0.500. The molecule has 1 heterocycles. The Morgan fingerprint density at radius 1 is 1.50 bits per heavy atom. The SMILES string of the molecule is CO[n+]1ccc(C2CC2)c(C)c1. The predicted molar refractivity (Wildman–Crippen MR) is 45.9 cm³/mol. The molecule has 0 N–H and O–H groups in total. The average molecular weight is 164 g/mol. The topological polar surface area (TPSA) is 13.1 Å². The first-order valence-corrected chi connectivity index (χ1v) is 4.37. The molecule has 2 rings (SSSR count). The largest absolute Gasteiger partial charge is 0.275 e. The van der Waals surface area contributed by atoms with Gasteiger partial charge in [-0.25, -0.2) is 0 Å². The van der Waals surface area contributed by atoms with E-state index in [4.69, 9.17) is 4.84 Å². The molecule has 0 spiro atoms. The van der Waals surface area contributed by atoms with Gasteiger partial charge in [0.15, 0.2) is 0 Å². The van der Waals surface area contributed by atoms with E-state index in [2.05, 4.69) is 13.0 Å². The maximum Gasteiger partial charge on any atom is 0.225 e. The molecule has 2 nitrogen and oxygen atoms in total. The molecule has 1 aromatic rings. The minimum Gasteiger partial charge on any atom is -0.275 e. The molecule has 1 aliphatic rings. The highest BCUT2D eigenvalue weighted by Crippen LogP contribution is 2.40. The lowest BCUT2D eigenvalue weighted by atomic mass is 10.1. The van der Waals surface area contributed by atoms with Gasteiger partial charge in [-0.3, -0.25) is 4.84 Å². The molecule has 0 atom stereocenters. The molecule has 1 aliphatic carbocycles. The molecule has 12 heavy (non-hydrogen) atoms. The summed E-state index contributed by atoms with van der Waals surface area (Å²) in [6.07, 6.45) is 6.73. The molecule has 0 amide bonds. The molecule has 0 aromatic carbocycles. The quantitative estimate of drug-likeness (QED) is 0.599. The molecular weight excluding hydrogens is 150 g/mol. The van der Waals surface area contributed by atoms with Crippen molar-refractivity contribution < 1.29 is 9.57 Å². The number of aryl methyl sites for hydroxylation is 1. The number of aromatic nitrogens is 1. The molecule has 0 bridgehead atoms. The highest BCUT2D eigenvalue weighted by molar-refractivity contribution is 5.27. The smallest absolute Gasteiger partial charge is 0.225 e. The number of hydrogen-bond donors (Lipinski definition) is 0. The summed E-state index contributed by atoms with van der Waals surface area (Å²) in [4.78, 5) is 5.07. The van der Waals surface area contributed by atoms with Crippen molar-refractivity contribution in [2.24, 2.45) is 0 Å². The van der Waals surface area contributed by atoms with Crippen molar-refractivity contribution in [1.29, 1.82) is 0 Å². The summed E-state index contributed by atoms with van der Waals surface area (Å²) in [6.45, 7) is 2.14. The van der Waals surface area contributed by atoms with Crippen LogP contribution in [0.15, 0.2) is 18.5 Å². The Kier molecular flexibility index (Phi) is 1.75. The van der Waals surface area contributed by atoms with Crippen LogP contribution in [-0.2, 0) is 0 Å². The van der Waals surface area contributed by atoms with E-state index in [1.54, 1.807) is 11.8 Å². The van der Waals surface area contributed by atoms with E-state index in [1.807, 2.05) is 12.4 Å². The van der Waals surface area contributed by atoms with Crippen LogP contribution in [0, 0.1) is 6.92 Å². The van der Waals surface area contributed by atoms with Gasteiger partial charge in [0.1, 0.15) is 7.11 Å². The molecule has 0 saturated heterocycles. The summed E-state index contributed by atoms with van der Waals surface area (Å²) in [5.41, 5.74) is 2.82. The standard InChI is InChI=1S/C10H14NO/c1-8-7-11(12-2)6-5-10(8)9-3-4-9/h5-7,9H,3-4H2,1-2H3/q+1. The first-order valence-electron chi connectivity index (χ1n) is 4.37. The van der Waals surface area contributed by atoms with Crippen LogP contribution in [0.4, 0.5) is 0 Å². The van der Waals surface area contributed by atoms with Crippen molar-refractivity contribution >= 4 is 0 Å². The van der Waals surface area contributed by atoms with E-state index in [-0.39, 0.29) is 0 Å². The fourth-order valence-electron chi connectivity index (χ4n) is 1.56.